The average Bonchev–Trinajstić information content (AvgIpc) is 3.21. The Balaban J connectivity index is 1.29. The van der Waals surface area contributed by atoms with Crippen LogP contribution in [0.3, 0.4) is 0 Å². The number of hydrogen-bond acceptors (Lipinski definition) is 4. The van der Waals surface area contributed by atoms with E-state index in [2.05, 4.69) is 112 Å². The number of benzene rings is 3. The normalized spacial score (nSPS) is 14.9. The quantitative estimate of drug-likeness (QED) is 0.274. The first-order chi connectivity index (χ1) is 17.7. The fourth-order valence-electron chi connectivity index (χ4n) is 5.17. The zero-order valence-corrected chi connectivity index (χ0v) is 21.9. The monoisotopic (exact) mass is 497 g/mol. The lowest BCUT2D eigenvalue weighted by Gasteiger charge is -2.39. The molecule has 0 saturated carbocycles. The van der Waals surface area contributed by atoms with E-state index in [4.69, 9.17) is 17.3 Å². The third-order valence-corrected chi connectivity index (χ3v) is 7.42. The molecule has 1 aromatic heterocycles. The van der Waals surface area contributed by atoms with E-state index >= 15 is 0 Å². The summed E-state index contributed by atoms with van der Waals surface area (Å²) in [6.07, 6.45) is 1.85. The molecule has 2 heterocycles. The van der Waals surface area contributed by atoms with Gasteiger partial charge in [-0.3, -0.25) is 9.80 Å². The average molecular weight is 498 g/mol. The van der Waals surface area contributed by atoms with Gasteiger partial charge in [0, 0.05) is 39.1 Å². The number of rotatable bonds is 9. The van der Waals surface area contributed by atoms with Gasteiger partial charge in [-0.05, 0) is 35.3 Å². The highest BCUT2D eigenvalue weighted by atomic mass is 32.1. The van der Waals surface area contributed by atoms with Gasteiger partial charge >= 0.3 is 0 Å². The molecular weight excluding hydrogens is 462 g/mol. The maximum atomic E-state index is 5.88. The van der Waals surface area contributed by atoms with Crippen molar-refractivity contribution in [3.05, 3.63) is 118 Å². The second-order valence-corrected chi connectivity index (χ2v) is 9.90. The van der Waals surface area contributed by atoms with Crippen LogP contribution in [-0.4, -0.2) is 50.3 Å². The minimum absolute atomic E-state index is 0.276. The van der Waals surface area contributed by atoms with E-state index < -0.39 is 0 Å². The summed E-state index contributed by atoms with van der Waals surface area (Å²) < 4.78 is 5.08. The molecule has 3 aromatic carbocycles. The zero-order valence-electron chi connectivity index (χ0n) is 21.0. The number of aromatic nitrogens is 3. The molecule has 0 amide bonds. The van der Waals surface area contributed by atoms with Crippen LogP contribution in [0.1, 0.15) is 41.9 Å². The Hall–Kier alpha value is -3.06. The molecule has 1 saturated heterocycles. The fraction of sp³-hybridized carbons (Fsp3) is 0.333. The molecule has 0 bridgehead atoms. The largest absolute Gasteiger partial charge is 0.304 e. The topological polar surface area (TPSA) is 29.2 Å². The Kier molecular flexibility index (Phi) is 8.06. The Morgan fingerprint density at radius 2 is 1.33 bits per heavy atom. The van der Waals surface area contributed by atoms with Crippen molar-refractivity contribution < 1.29 is 0 Å². The second-order valence-electron chi connectivity index (χ2n) is 9.53. The lowest BCUT2D eigenvalue weighted by molar-refractivity contribution is 0.0842. The van der Waals surface area contributed by atoms with Crippen LogP contribution in [0.25, 0.3) is 0 Å². The third-order valence-electron chi connectivity index (χ3n) is 6.99. The summed E-state index contributed by atoms with van der Waals surface area (Å²) in [6.45, 7) is 7.85. The molecule has 6 heteroatoms. The van der Waals surface area contributed by atoms with Crippen LogP contribution in [-0.2, 0) is 19.6 Å². The van der Waals surface area contributed by atoms with E-state index in [1.807, 2.05) is 4.68 Å². The van der Waals surface area contributed by atoms with Crippen molar-refractivity contribution >= 4 is 12.2 Å². The predicted octanol–water partition coefficient (Wildman–Crippen LogP) is 5.78. The van der Waals surface area contributed by atoms with Crippen LogP contribution in [0.15, 0.2) is 91.0 Å². The summed E-state index contributed by atoms with van der Waals surface area (Å²) in [7, 11) is 0. The molecule has 36 heavy (non-hydrogen) atoms. The molecule has 0 aliphatic carbocycles. The van der Waals surface area contributed by atoms with Crippen LogP contribution in [0.2, 0.25) is 0 Å². The third kappa shape index (κ3) is 5.67. The van der Waals surface area contributed by atoms with Gasteiger partial charge in [0.15, 0.2) is 4.77 Å². The van der Waals surface area contributed by atoms with Crippen molar-refractivity contribution in [2.24, 2.45) is 0 Å². The predicted molar refractivity (Wildman–Crippen MR) is 148 cm³/mol. The first kappa shape index (κ1) is 24.6. The summed E-state index contributed by atoms with van der Waals surface area (Å²) in [6, 6.07) is 32.6. The van der Waals surface area contributed by atoms with Gasteiger partial charge in [-0.1, -0.05) is 97.9 Å². The van der Waals surface area contributed by atoms with Crippen molar-refractivity contribution in [3.63, 3.8) is 0 Å². The van der Waals surface area contributed by atoms with Gasteiger partial charge in [0.1, 0.15) is 5.82 Å². The fourth-order valence-corrected chi connectivity index (χ4v) is 5.47. The summed E-state index contributed by atoms with van der Waals surface area (Å²) in [5.41, 5.74) is 3.97. The summed E-state index contributed by atoms with van der Waals surface area (Å²) in [5, 5.41) is 4.99. The van der Waals surface area contributed by atoms with Crippen molar-refractivity contribution in [1.82, 2.24) is 24.1 Å². The van der Waals surface area contributed by atoms with Gasteiger partial charge in [-0.2, -0.15) is 5.10 Å². The van der Waals surface area contributed by atoms with Gasteiger partial charge < -0.3 is 4.57 Å². The maximum absolute atomic E-state index is 5.88. The van der Waals surface area contributed by atoms with Crippen LogP contribution in [0.5, 0.6) is 0 Å². The van der Waals surface area contributed by atoms with Gasteiger partial charge in [0.05, 0.1) is 12.7 Å². The molecule has 0 spiro atoms. The van der Waals surface area contributed by atoms with E-state index in [0.29, 0.717) is 0 Å². The SMILES string of the molecule is CCCn1c(Cc2ccccc2)nn(CN2CCN(C(c3ccccc3)c3ccccc3)CC2)c1=S. The minimum atomic E-state index is 0.276. The Bertz CT molecular complexity index is 1240. The molecule has 186 valence electrons. The van der Waals surface area contributed by atoms with E-state index in [0.717, 1.165) is 62.8 Å². The Morgan fingerprint density at radius 1 is 0.778 bits per heavy atom. The minimum Gasteiger partial charge on any atom is -0.304 e. The Morgan fingerprint density at radius 3 is 1.89 bits per heavy atom. The molecule has 1 aliphatic heterocycles. The van der Waals surface area contributed by atoms with Crippen LogP contribution in [0.4, 0.5) is 0 Å². The molecule has 1 fully saturated rings. The lowest BCUT2D eigenvalue weighted by atomic mass is 9.96. The summed E-state index contributed by atoms with van der Waals surface area (Å²) in [4.78, 5) is 5.09. The van der Waals surface area contributed by atoms with Gasteiger partial charge in [-0.15, -0.1) is 0 Å². The van der Waals surface area contributed by atoms with Crippen LogP contribution < -0.4 is 0 Å². The van der Waals surface area contributed by atoms with E-state index in [9.17, 15) is 0 Å². The molecule has 1 aliphatic rings. The van der Waals surface area contributed by atoms with Gasteiger partial charge in [0.2, 0.25) is 0 Å². The molecule has 5 nitrogen and oxygen atoms in total. The lowest BCUT2D eigenvalue weighted by Crippen LogP contribution is -2.48. The number of piperazine rings is 1. The van der Waals surface area contributed by atoms with Crippen molar-refractivity contribution in [1.29, 1.82) is 0 Å². The van der Waals surface area contributed by atoms with E-state index in [1.54, 1.807) is 0 Å². The first-order valence-corrected chi connectivity index (χ1v) is 13.4. The number of nitrogens with zero attached hydrogens (tertiary/aromatic N) is 5. The smallest absolute Gasteiger partial charge is 0.199 e. The molecule has 0 N–H and O–H groups in total. The van der Waals surface area contributed by atoms with E-state index in [1.165, 1.54) is 16.7 Å². The molecule has 0 unspecified atom stereocenters. The Labute approximate surface area is 219 Å². The standard InChI is InChI=1S/C30H35N5S/c1-2-18-34-28(23-25-12-6-3-7-13-25)31-35(30(34)36)24-32-19-21-33(22-20-32)29(26-14-8-4-9-15-26)27-16-10-5-11-17-27/h3-17,29H,2,18-24H2,1H3. The van der Waals surface area contributed by atoms with Gasteiger partial charge in [-0.25, -0.2) is 4.68 Å². The highest BCUT2D eigenvalue weighted by molar-refractivity contribution is 7.71. The van der Waals surface area contributed by atoms with Crippen molar-refractivity contribution in [3.8, 4) is 0 Å². The molecule has 4 aromatic rings. The molecule has 0 radical (unpaired) electrons. The molecular formula is C30H35N5S. The van der Waals surface area contributed by atoms with Crippen molar-refractivity contribution in [2.45, 2.75) is 39.0 Å². The highest BCUT2D eigenvalue weighted by Gasteiger charge is 2.26. The highest BCUT2D eigenvalue weighted by Crippen LogP contribution is 2.29. The second kappa shape index (κ2) is 11.8. The number of hydrogen-bond donors (Lipinski definition) is 0. The van der Waals surface area contributed by atoms with Crippen molar-refractivity contribution in [2.75, 3.05) is 26.2 Å². The zero-order chi connectivity index (χ0) is 24.7. The van der Waals surface area contributed by atoms with Crippen LogP contribution >= 0.6 is 12.2 Å². The van der Waals surface area contributed by atoms with E-state index in [-0.39, 0.29) is 6.04 Å². The van der Waals surface area contributed by atoms with Crippen LogP contribution in [0, 0.1) is 4.77 Å². The molecule has 5 rings (SSSR count). The first-order valence-electron chi connectivity index (χ1n) is 13.0. The maximum Gasteiger partial charge on any atom is 0.199 e. The summed E-state index contributed by atoms with van der Waals surface area (Å²) >= 11 is 5.88. The summed E-state index contributed by atoms with van der Waals surface area (Å²) in [5.74, 6) is 1.06. The molecule has 0 atom stereocenters. The van der Waals surface area contributed by atoms with Gasteiger partial charge in [0.25, 0.3) is 0 Å².